The van der Waals surface area contributed by atoms with Crippen LogP contribution in [0.25, 0.3) is 10.9 Å². The maximum absolute atomic E-state index is 12.3. The molecule has 0 bridgehead atoms. The maximum atomic E-state index is 12.3. The van der Waals surface area contributed by atoms with E-state index in [0.717, 1.165) is 9.86 Å². The van der Waals surface area contributed by atoms with Gasteiger partial charge < -0.3 is 9.84 Å². The highest BCUT2D eigenvalue weighted by Gasteiger charge is 2.24. The molecule has 0 amide bonds. The largest absolute Gasteiger partial charge is 0.443 e. The molecule has 2 rings (SSSR count). The highest BCUT2D eigenvalue weighted by atomic mass is 79.9. The zero-order chi connectivity index (χ0) is 14.2. The lowest BCUT2D eigenvalue weighted by atomic mass is 10.2. The number of carbonyl (C=O) groups is 1. The van der Waals surface area contributed by atoms with Crippen molar-refractivity contribution < 1.29 is 14.6 Å². The average molecular weight is 326 g/mol. The first-order valence-corrected chi connectivity index (χ1v) is 6.76. The van der Waals surface area contributed by atoms with Gasteiger partial charge in [-0.3, -0.25) is 0 Å². The van der Waals surface area contributed by atoms with Crippen LogP contribution in [0.3, 0.4) is 0 Å². The number of para-hydroxylation sites is 1. The van der Waals surface area contributed by atoms with Crippen molar-refractivity contribution >= 4 is 32.9 Å². The van der Waals surface area contributed by atoms with E-state index >= 15 is 0 Å². The van der Waals surface area contributed by atoms with Crippen molar-refractivity contribution in [3.63, 3.8) is 0 Å². The smallest absolute Gasteiger partial charge is 0.419 e. The van der Waals surface area contributed by atoms with Gasteiger partial charge in [0.1, 0.15) is 5.60 Å². The second-order valence-electron chi connectivity index (χ2n) is 5.25. The van der Waals surface area contributed by atoms with E-state index in [1.54, 1.807) is 0 Å². The summed E-state index contributed by atoms with van der Waals surface area (Å²) in [6.07, 6.45) is -0.488. The minimum absolute atomic E-state index is 0.242. The maximum Gasteiger partial charge on any atom is 0.419 e. The molecule has 4 nitrogen and oxygen atoms in total. The summed E-state index contributed by atoms with van der Waals surface area (Å²) < 4.78 is 7.51. The van der Waals surface area contributed by atoms with E-state index in [4.69, 9.17) is 4.74 Å². The van der Waals surface area contributed by atoms with Crippen molar-refractivity contribution in [2.45, 2.75) is 33.0 Å². The molecule has 1 aromatic heterocycles. The summed E-state index contributed by atoms with van der Waals surface area (Å²) in [7, 11) is 0. The summed E-state index contributed by atoms with van der Waals surface area (Å²) in [5.74, 6) is 0. The number of aromatic nitrogens is 1. The lowest BCUT2D eigenvalue weighted by molar-refractivity contribution is 0.0533. The quantitative estimate of drug-likeness (QED) is 0.870. The number of benzene rings is 1. The van der Waals surface area contributed by atoms with Crippen LogP contribution in [0.2, 0.25) is 0 Å². The second kappa shape index (κ2) is 4.98. The van der Waals surface area contributed by atoms with E-state index in [1.165, 1.54) is 4.57 Å². The van der Waals surface area contributed by atoms with Crippen LogP contribution < -0.4 is 0 Å². The molecule has 0 saturated heterocycles. The number of rotatable bonds is 1. The third kappa shape index (κ3) is 2.67. The van der Waals surface area contributed by atoms with Gasteiger partial charge in [0.15, 0.2) is 0 Å². The third-order valence-corrected chi connectivity index (χ3v) is 3.52. The number of ether oxygens (including phenoxy) is 1. The number of nitrogens with zero attached hydrogens (tertiary/aromatic N) is 1. The van der Waals surface area contributed by atoms with E-state index in [0.29, 0.717) is 11.2 Å². The van der Waals surface area contributed by atoms with E-state index in [-0.39, 0.29) is 6.61 Å². The number of halogens is 1. The average Bonchev–Trinajstić information content (AvgIpc) is 2.60. The highest BCUT2D eigenvalue weighted by Crippen LogP contribution is 2.31. The summed E-state index contributed by atoms with van der Waals surface area (Å²) in [6, 6.07) is 7.44. The first kappa shape index (κ1) is 14.1. The number of aliphatic hydroxyl groups is 1. The molecular formula is C14H16BrNO3. The lowest BCUT2D eigenvalue weighted by Gasteiger charge is -2.20. The molecule has 1 aromatic carbocycles. The first-order chi connectivity index (χ1) is 8.85. The van der Waals surface area contributed by atoms with Gasteiger partial charge in [0.05, 0.1) is 17.8 Å². The fraction of sp³-hybridized carbons (Fsp3) is 0.357. The molecule has 0 radical (unpaired) electrons. The monoisotopic (exact) mass is 325 g/mol. The Balaban J connectivity index is 2.62. The number of aliphatic hydroxyl groups excluding tert-OH is 1. The molecule has 1 heterocycles. The van der Waals surface area contributed by atoms with Crippen LogP contribution in [0.1, 0.15) is 26.5 Å². The molecule has 19 heavy (non-hydrogen) atoms. The van der Waals surface area contributed by atoms with Crippen molar-refractivity contribution in [2.75, 3.05) is 0 Å². The highest BCUT2D eigenvalue weighted by molar-refractivity contribution is 9.10. The zero-order valence-corrected chi connectivity index (χ0v) is 12.7. The minimum Gasteiger partial charge on any atom is -0.443 e. The molecular weight excluding hydrogens is 310 g/mol. The van der Waals surface area contributed by atoms with Gasteiger partial charge in [0.25, 0.3) is 0 Å². The molecule has 2 aromatic rings. The molecule has 1 N–H and O–H groups in total. The van der Waals surface area contributed by atoms with E-state index < -0.39 is 11.7 Å². The van der Waals surface area contributed by atoms with Crippen molar-refractivity contribution in [1.29, 1.82) is 0 Å². The normalized spacial score (nSPS) is 11.8. The summed E-state index contributed by atoms with van der Waals surface area (Å²) in [6.45, 7) is 5.19. The summed E-state index contributed by atoms with van der Waals surface area (Å²) in [5.41, 5.74) is 0.630. The fourth-order valence-electron chi connectivity index (χ4n) is 1.91. The first-order valence-electron chi connectivity index (χ1n) is 5.97. The van der Waals surface area contributed by atoms with Crippen LogP contribution in [-0.4, -0.2) is 21.4 Å². The molecule has 102 valence electrons. The van der Waals surface area contributed by atoms with Gasteiger partial charge in [0.2, 0.25) is 0 Å². The fourth-order valence-corrected chi connectivity index (χ4v) is 2.55. The van der Waals surface area contributed by atoms with Gasteiger partial charge >= 0.3 is 6.09 Å². The van der Waals surface area contributed by atoms with E-state index in [1.807, 2.05) is 45.0 Å². The van der Waals surface area contributed by atoms with Gasteiger partial charge in [0, 0.05) is 9.86 Å². The standard InChI is InChI=1S/C14H16BrNO3/c1-14(2,3)19-13(18)16-10-7-5-4-6-9(10)12(15)11(16)8-17/h4-7,17H,8H2,1-3H3. The third-order valence-electron chi connectivity index (χ3n) is 2.63. The van der Waals surface area contributed by atoms with Gasteiger partial charge in [-0.25, -0.2) is 9.36 Å². The summed E-state index contributed by atoms with van der Waals surface area (Å²) in [4.78, 5) is 12.3. The van der Waals surface area contributed by atoms with Crippen molar-refractivity contribution in [1.82, 2.24) is 4.57 Å². The Labute approximate surface area is 120 Å². The summed E-state index contributed by atoms with van der Waals surface area (Å²) in [5, 5.41) is 10.4. The van der Waals surface area contributed by atoms with Crippen LogP contribution in [-0.2, 0) is 11.3 Å². The SMILES string of the molecule is CC(C)(C)OC(=O)n1c(CO)c(Br)c2ccccc21. The molecule has 0 spiro atoms. The molecule has 0 aliphatic rings. The summed E-state index contributed by atoms with van der Waals surface area (Å²) >= 11 is 3.42. The Morgan fingerprint density at radius 1 is 1.37 bits per heavy atom. The lowest BCUT2D eigenvalue weighted by Crippen LogP contribution is -2.28. The molecule has 0 atom stereocenters. The second-order valence-corrected chi connectivity index (χ2v) is 6.04. The number of fused-ring (bicyclic) bond motifs is 1. The topological polar surface area (TPSA) is 51.5 Å². The Hall–Kier alpha value is -1.33. The van der Waals surface area contributed by atoms with Crippen molar-refractivity contribution in [3.05, 3.63) is 34.4 Å². The van der Waals surface area contributed by atoms with Crippen LogP contribution in [0.15, 0.2) is 28.7 Å². The van der Waals surface area contributed by atoms with Gasteiger partial charge in [-0.15, -0.1) is 0 Å². The molecule has 0 saturated carbocycles. The Bertz CT molecular complexity index is 625. The van der Waals surface area contributed by atoms with Crippen LogP contribution in [0.5, 0.6) is 0 Å². The van der Waals surface area contributed by atoms with Crippen molar-refractivity contribution in [2.24, 2.45) is 0 Å². The predicted octanol–water partition coefficient (Wildman–Crippen LogP) is 3.68. The van der Waals surface area contributed by atoms with E-state index in [9.17, 15) is 9.90 Å². The van der Waals surface area contributed by atoms with E-state index in [2.05, 4.69) is 15.9 Å². The number of hydrogen-bond acceptors (Lipinski definition) is 3. The minimum atomic E-state index is -0.582. The van der Waals surface area contributed by atoms with Crippen LogP contribution in [0.4, 0.5) is 4.79 Å². The van der Waals surface area contributed by atoms with Crippen LogP contribution >= 0.6 is 15.9 Å². The number of hydrogen-bond donors (Lipinski definition) is 1. The Morgan fingerprint density at radius 2 is 2.00 bits per heavy atom. The predicted molar refractivity (Wildman–Crippen MR) is 77.2 cm³/mol. The van der Waals surface area contributed by atoms with Crippen molar-refractivity contribution in [3.8, 4) is 0 Å². The number of carbonyl (C=O) groups excluding carboxylic acids is 1. The Morgan fingerprint density at radius 3 is 2.58 bits per heavy atom. The molecule has 0 unspecified atom stereocenters. The molecule has 0 aliphatic heterocycles. The molecule has 5 heteroatoms. The van der Waals surface area contributed by atoms with Gasteiger partial charge in [-0.1, -0.05) is 18.2 Å². The Kier molecular flexibility index (Phi) is 3.69. The van der Waals surface area contributed by atoms with Crippen LogP contribution in [0, 0.1) is 0 Å². The van der Waals surface area contributed by atoms with Gasteiger partial charge in [-0.05, 0) is 42.8 Å². The zero-order valence-electron chi connectivity index (χ0n) is 11.1. The molecule has 0 aliphatic carbocycles. The molecule has 0 fully saturated rings. The van der Waals surface area contributed by atoms with Gasteiger partial charge in [-0.2, -0.15) is 0 Å².